The van der Waals surface area contributed by atoms with E-state index in [0.29, 0.717) is 27.8 Å². The Kier molecular flexibility index (Phi) is 4.88. The van der Waals surface area contributed by atoms with E-state index in [1.54, 1.807) is 47.4 Å². The van der Waals surface area contributed by atoms with Gasteiger partial charge in [-0.2, -0.15) is 5.10 Å². The average Bonchev–Trinajstić information content (AvgIpc) is 2.99. The van der Waals surface area contributed by atoms with Gasteiger partial charge in [-0.05, 0) is 31.2 Å². The fourth-order valence-electron chi connectivity index (χ4n) is 2.27. The largest absolute Gasteiger partial charge is 0.319 e. The van der Waals surface area contributed by atoms with Crippen molar-refractivity contribution >= 4 is 34.8 Å². The zero-order chi connectivity index (χ0) is 17.1. The molecule has 0 radical (unpaired) electrons. The molecule has 1 N–H and O–H groups in total. The normalized spacial score (nSPS) is 10.6. The minimum atomic E-state index is -0.176. The monoisotopic (exact) mass is 359 g/mol. The maximum Gasteiger partial charge on any atom is 0.255 e. The standard InChI is InChI=1S/C18H15Cl2N3O/c1-12-5-7-13(8-6-12)18(24)22-14-9-21-23(10-14)11-15-16(19)3-2-4-17(15)20/h2-10H,11H2,1H3,(H,22,24). The lowest BCUT2D eigenvalue weighted by molar-refractivity contribution is 0.102. The van der Waals surface area contributed by atoms with Crippen molar-refractivity contribution in [3.05, 3.63) is 81.6 Å². The second kappa shape index (κ2) is 7.07. The Morgan fingerprint density at radius 1 is 1.12 bits per heavy atom. The quantitative estimate of drug-likeness (QED) is 0.727. The molecule has 2 aromatic carbocycles. The summed E-state index contributed by atoms with van der Waals surface area (Å²) in [5.41, 5.74) is 3.11. The first kappa shape index (κ1) is 16.6. The molecule has 4 nitrogen and oxygen atoms in total. The maximum absolute atomic E-state index is 12.2. The molecule has 0 aliphatic rings. The van der Waals surface area contributed by atoms with Crippen LogP contribution in [0.4, 0.5) is 5.69 Å². The van der Waals surface area contributed by atoms with Crippen molar-refractivity contribution in [3.8, 4) is 0 Å². The molecule has 0 unspecified atom stereocenters. The highest BCUT2D eigenvalue weighted by Crippen LogP contribution is 2.25. The SMILES string of the molecule is Cc1ccc(C(=O)Nc2cnn(Cc3c(Cl)cccc3Cl)c2)cc1. The first-order valence-corrected chi connectivity index (χ1v) is 8.12. The molecule has 0 aliphatic carbocycles. The number of anilines is 1. The molecule has 0 aliphatic heterocycles. The summed E-state index contributed by atoms with van der Waals surface area (Å²) in [5.74, 6) is -0.176. The van der Waals surface area contributed by atoms with Gasteiger partial charge in [-0.3, -0.25) is 9.48 Å². The van der Waals surface area contributed by atoms with Crippen LogP contribution in [0.3, 0.4) is 0 Å². The van der Waals surface area contributed by atoms with E-state index in [2.05, 4.69) is 10.4 Å². The second-order valence-corrected chi connectivity index (χ2v) is 6.26. The number of nitrogens with one attached hydrogen (secondary N) is 1. The van der Waals surface area contributed by atoms with Gasteiger partial charge in [0.15, 0.2) is 0 Å². The van der Waals surface area contributed by atoms with E-state index in [9.17, 15) is 4.79 Å². The molecule has 0 bridgehead atoms. The third-order valence-electron chi connectivity index (χ3n) is 3.59. The summed E-state index contributed by atoms with van der Waals surface area (Å²) < 4.78 is 1.68. The van der Waals surface area contributed by atoms with Crippen molar-refractivity contribution in [1.29, 1.82) is 0 Å². The van der Waals surface area contributed by atoms with E-state index < -0.39 is 0 Å². The minimum Gasteiger partial charge on any atom is -0.319 e. The van der Waals surface area contributed by atoms with Gasteiger partial charge in [-0.1, -0.05) is 47.0 Å². The highest BCUT2D eigenvalue weighted by atomic mass is 35.5. The number of aryl methyl sites for hydroxylation is 1. The van der Waals surface area contributed by atoms with Crippen LogP contribution in [0.5, 0.6) is 0 Å². The van der Waals surface area contributed by atoms with Crippen molar-refractivity contribution in [2.75, 3.05) is 5.32 Å². The smallest absolute Gasteiger partial charge is 0.255 e. The summed E-state index contributed by atoms with van der Waals surface area (Å²) in [4.78, 5) is 12.2. The fraction of sp³-hybridized carbons (Fsp3) is 0.111. The van der Waals surface area contributed by atoms with Crippen LogP contribution in [0.15, 0.2) is 54.9 Å². The van der Waals surface area contributed by atoms with Crippen LogP contribution in [0.2, 0.25) is 10.0 Å². The Hall–Kier alpha value is -2.30. The topological polar surface area (TPSA) is 46.9 Å². The van der Waals surface area contributed by atoms with E-state index in [4.69, 9.17) is 23.2 Å². The number of halogens is 2. The Labute approximate surface area is 150 Å². The number of amides is 1. The highest BCUT2D eigenvalue weighted by molar-refractivity contribution is 6.35. The van der Waals surface area contributed by atoms with Gasteiger partial charge in [-0.25, -0.2) is 0 Å². The molecule has 3 rings (SSSR count). The number of carbonyl (C=O) groups excluding carboxylic acids is 1. The molecule has 1 aromatic heterocycles. The Morgan fingerprint density at radius 3 is 2.46 bits per heavy atom. The summed E-state index contributed by atoms with van der Waals surface area (Å²) >= 11 is 12.3. The number of hydrogen-bond donors (Lipinski definition) is 1. The fourth-order valence-corrected chi connectivity index (χ4v) is 2.79. The Morgan fingerprint density at radius 2 is 1.79 bits per heavy atom. The molecule has 24 heavy (non-hydrogen) atoms. The van der Waals surface area contributed by atoms with Crippen molar-refractivity contribution in [2.45, 2.75) is 13.5 Å². The van der Waals surface area contributed by atoms with E-state index >= 15 is 0 Å². The molecular formula is C18H15Cl2N3O. The predicted molar refractivity (Wildman–Crippen MR) is 96.9 cm³/mol. The minimum absolute atomic E-state index is 0.176. The van der Waals surface area contributed by atoms with Crippen LogP contribution in [0.1, 0.15) is 21.5 Å². The predicted octanol–water partition coefficient (Wildman–Crippen LogP) is 4.80. The van der Waals surface area contributed by atoms with Crippen molar-refractivity contribution in [1.82, 2.24) is 9.78 Å². The molecule has 0 fully saturated rings. The number of carbonyl (C=O) groups is 1. The molecule has 0 spiro atoms. The van der Waals surface area contributed by atoms with Gasteiger partial charge < -0.3 is 5.32 Å². The van der Waals surface area contributed by atoms with Crippen molar-refractivity contribution in [2.24, 2.45) is 0 Å². The van der Waals surface area contributed by atoms with E-state index in [1.165, 1.54) is 0 Å². The van der Waals surface area contributed by atoms with Gasteiger partial charge in [0.05, 0.1) is 18.4 Å². The highest BCUT2D eigenvalue weighted by Gasteiger charge is 2.10. The van der Waals surface area contributed by atoms with Crippen molar-refractivity contribution in [3.63, 3.8) is 0 Å². The van der Waals surface area contributed by atoms with Crippen LogP contribution in [0.25, 0.3) is 0 Å². The molecular weight excluding hydrogens is 345 g/mol. The second-order valence-electron chi connectivity index (χ2n) is 5.45. The Balaban J connectivity index is 1.71. The third-order valence-corrected chi connectivity index (χ3v) is 4.29. The third kappa shape index (κ3) is 3.78. The molecule has 0 atom stereocenters. The van der Waals surface area contributed by atoms with Crippen LogP contribution >= 0.6 is 23.2 Å². The van der Waals surface area contributed by atoms with E-state index in [1.807, 2.05) is 19.1 Å². The van der Waals surface area contributed by atoms with Gasteiger partial charge >= 0.3 is 0 Å². The lowest BCUT2D eigenvalue weighted by Gasteiger charge is -2.06. The van der Waals surface area contributed by atoms with Gasteiger partial charge in [0, 0.05) is 27.4 Å². The number of hydrogen-bond acceptors (Lipinski definition) is 2. The van der Waals surface area contributed by atoms with Crippen molar-refractivity contribution < 1.29 is 4.79 Å². The number of aromatic nitrogens is 2. The maximum atomic E-state index is 12.2. The molecule has 122 valence electrons. The summed E-state index contributed by atoms with van der Waals surface area (Å²) in [6.45, 7) is 2.41. The van der Waals surface area contributed by atoms with Gasteiger partial charge in [-0.15, -0.1) is 0 Å². The summed E-state index contributed by atoms with van der Waals surface area (Å²) in [6.07, 6.45) is 3.34. The van der Waals surface area contributed by atoms with Gasteiger partial charge in [0.2, 0.25) is 0 Å². The lowest BCUT2D eigenvalue weighted by atomic mass is 10.1. The Bertz CT molecular complexity index is 852. The molecule has 3 aromatic rings. The first-order chi connectivity index (χ1) is 11.5. The van der Waals surface area contributed by atoms with E-state index in [0.717, 1.165) is 11.1 Å². The zero-order valence-corrected chi connectivity index (χ0v) is 14.5. The van der Waals surface area contributed by atoms with Crippen LogP contribution in [0, 0.1) is 6.92 Å². The molecule has 1 amide bonds. The summed E-state index contributed by atoms with van der Waals surface area (Å²) in [6, 6.07) is 12.7. The average molecular weight is 360 g/mol. The zero-order valence-electron chi connectivity index (χ0n) is 13.0. The van der Waals surface area contributed by atoms with Crippen LogP contribution in [-0.2, 0) is 6.54 Å². The summed E-state index contributed by atoms with van der Waals surface area (Å²) in [5, 5.41) is 8.24. The number of rotatable bonds is 4. The van der Waals surface area contributed by atoms with Gasteiger partial charge in [0.1, 0.15) is 0 Å². The number of nitrogens with zero attached hydrogens (tertiary/aromatic N) is 2. The number of benzene rings is 2. The van der Waals surface area contributed by atoms with Crippen LogP contribution < -0.4 is 5.32 Å². The van der Waals surface area contributed by atoms with Gasteiger partial charge in [0.25, 0.3) is 5.91 Å². The van der Waals surface area contributed by atoms with E-state index in [-0.39, 0.29) is 5.91 Å². The summed E-state index contributed by atoms with van der Waals surface area (Å²) in [7, 11) is 0. The molecule has 0 saturated heterocycles. The molecule has 0 saturated carbocycles. The lowest BCUT2D eigenvalue weighted by Crippen LogP contribution is -2.11. The first-order valence-electron chi connectivity index (χ1n) is 7.36. The molecule has 1 heterocycles. The molecule has 6 heteroatoms. The van der Waals surface area contributed by atoms with Crippen LogP contribution in [-0.4, -0.2) is 15.7 Å².